The van der Waals surface area contributed by atoms with E-state index in [1.165, 1.54) is 42.5 Å². The Labute approximate surface area is 154 Å². The number of nitrogens with one attached hydrogen (secondary N) is 2. The summed E-state index contributed by atoms with van der Waals surface area (Å²) < 4.78 is 53.3. The summed E-state index contributed by atoms with van der Waals surface area (Å²) in [5.74, 6) is -2.70. The minimum absolute atomic E-state index is 0.0779. The van der Waals surface area contributed by atoms with Gasteiger partial charge >= 0.3 is 0 Å². The molecule has 0 fully saturated rings. The summed E-state index contributed by atoms with van der Waals surface area (Å²) in [6, 6.07) is 16.6. The van der Waals surface area contributed by atoms with Crippen LogP contribution in [0, 0.1) is 11.6 Å². The number of amides is 1. The van der Waals surface area contributed by atoms with Crippen LogP contribution in [0.1, 0.15) is 10.4 Å². The number of hydrogen-bond donors (Lipinski definition) is 2. The first-order valence-corrected chi connectivity index (χ1v) is 9.28. The van der Waals surface area contributed by atoms with Crippen molar-refractivity contribution in [3.8, 4) is 0 Å². The van der Waals surface area contributed by atoms with E-state index in [-0.39, 0.29) is 21.8 Å². The second kappa shape index (κ2) is 7.55. The molecule has 5 nitrogen and oxygen atoms in total. The summed E-state index contributed by atoms with van der Waals surface area (Å²) in [7, 11) is -3.80. The third kappa shape index (κ3) is 4.48. The zero-order valence-corrected chi connectivity index (χ0v) is 14.6. The van der Waals surface area contributed by atoms with Crippen LogP contribution in [0.2, 0.25) is 0 Å². The van der Waals surface area contributed by atoms with E-state index in [9.17, 15) is 22.0 Å². The maximum absolute atomic E-state index is 13.2. The number of carbonyl (C=O) groups is 1. The highest BCUT2D eigenvalue weighted by Gasteiger charge is 2.15. The smallest absolute Gasteiger partial charge is 0.261 e. The van der Waals surface area contributed by atoms with Crippen LogP contribution >= 0.6 is 0 Å². The van der Waals surface area contributed by atoms with Gasteiger partial charge < -0.3 is 5.32 Å². The first-order chi connectivity index (χ1) is 12.8. The Morgan fingerprint density at radius 3 is 2.22 bits per heavy atom. The van der Waals surface area contributed by atoms with Gasteiger partial charge in [0.25, 0.3) is 15.9 Å². The van der Waals surface area contributed by atoms with Crippen molar-refractivity contribution in [1.29, 1.82) is 0 Å². The van der Waals surface area contributed by atoms with Crippen molar-refractivity contribution < 1.29 is 22.0 Å². The molecule has 0 atom stereocenters. The van der Waals surface area contributed by atoms with Crippen LogP contribution in [0.25, 0.3) is 0 Å². The summed E-state index contributed by atoms with van der Waals surface area (Å²) in [5.41, 5.74) is 0.416. The second-order valence-electron chi connectivity index (χ2n) is 5.58. The van der Waals surface area contributed by atoms with Gasteiger partial charge in [-0.05, 0) is 42.5 Å². The first-order valence-electron chi connectivity index (χ1n) is 7.79. The van der Waals surface area contributed by atoms with Gasteiger partial charge in [0.2, 0.25) is 0 Å². The molecule has 3 aromatic carbocycles. The molecular weight excluding hydrogens is 374 g/mol. The molecule has 0 unspecified atom stereocenters. The Morgan fingerprint density at radius 2 is 1.52 bits per heavy atom. The molecule has 3 aromatic rings. The molecule has 0 aliphatic rings. The van der Waals surface area contributed by atoms with Gasteiger partial charge in [-0.1, -0.05) is 24.3 Å². The normalized spacial score (nSPS) is 11.0. The average molecular weight is 388 g/mol. The Hall–Kier alpha value is -3.26. The van der Waals surface area contributed by atoms with Crippen LogP contribution in [0.4, 0.5) is 20.2 Å². The number of benzene rings is 3. The zero-order valence-electron chi connectivity index (χ0n) is 13.8. The van der Waals surface area contributed by atoms with Crippen LogP contribution in [-0.2, 0) is 10.0 Å². The van der Waals surface area contributed by atoms with E-state index in [4.69, 9.17) is 0 Å². The van der Waals surface area contributed by atoms with Crippen LogP contribution < -0.4 is 10.0 Å². The number of rotatable bonds is 5. The van der Waals surface area contributed by atoms with Gasteiger partial charge in [-0.15, -0.1) is 0 Å². The van der Waals surface area contributed by atoms with Crippen molar-refractivity contribution in [2.75, 3.05) is 10.0 Å². The first kappa shape index (κ1) is 18.5. The van der Waals surface area contributed by atoms with Crippen molar-refractivity contribution in [2.24, 2.45) is 0 Å². The number of halogens is 2. The van der Waals surface area contributed by atoms with Gasteiger partial charge in [0.05, 0.1) is 4.90 Å². The molecule has 0 heterocycles. The van der Waals surface area contributed by atoms with E-state index < -0.39 is 27.6 Å². The third-order valence-corrected chi connectivity index (χ3v) is 5.01. The Morgan fingerprint density at radius 1 is 0.778 bits per heavy atom. The number of sulfonamides is 1. The van der Waals surface area contributed by atoms with Gasteiger partial charge in [-0.2, -0.15) is 0 Å². The topological polar surface area (TPSA) is 75.3 Å². The van der Waals surface area contributed by atoms with E-state index in [1.54, 1.807) is 18.2 Å². The lowest BCUT2D eigenvalue weighted by molar-refractivity contribution is 0.102. The van der Waals surface area contributed by atoms with Crippen LogP contribution in [0.15, 0.2) is 77.7 Å². The average Bonchev–Trinajstić information content (AvgIpc) is 2.65. The highest BCUT2D eigenvalue weighted by atomic mass is 32.2. The minimum atomic E-state index is -3.80. The van der Waals surface area contributed by atoms with E-state index in [2.05, 4.69) is 10.0 Å². The Balaban J connectivity index is 1.79. The van der Waals surface area contributed by atoms with E-state index in [0.29, 0.717) is 0 Å². The SMILES string of the molecule is O=C(Nc1ccc(F)c(F)c1)c1cccc(NS(=O)(=O)c2ccccc2)c1. The number of carbonyl (C=O) groups excluding carboxylic acids is 1. The molecule has 3 rings (SSSR count). The van der Waals surface area contributed by atoms with Gasteiger partial charge in [0.1, 0.15) is 0 Å². The van der Waals surface area contributed by atoms with Gasteiger partial charge in [0.15, 0.2) is 11.6 Å². The highest BCUT2D eigenvalue weighted by molar-refractivity contribution is 7.92. The fraction of sp³-hybridized carbons (Fsp3) is 0. The summed E-state index contributed by atoms with van der Waals surface area (Å²) in [4.78, 5) is 12.4. The lowest BCUT2D eigenvalue weighted by atomic mass is 10.2. The largest absolute Gasteiger partial charge is 0.322 e. The molecule has 0 aliphatic heterocycles. The maximum Gasteiger partial charge on any atom is 0.261 e. The van der Waals surface area contributed by atoms with Crippen LogP contribution in [0.5, 0.6) is 0 Å². The second-order valence-corrected chi connectivity index (χ2v) is 7.26. The van der Waals surface area contributed by atoms with Crippen molar-refractivity contribution in [2.45, 2.75) is 4.90 Å². The molecule has 138 valence electrons. The maximum atomic E-state index is 13.2. The molecule has 0 spiro atoms. The fourth-order valence-corrected chi connectivity index (χ4v) is 3.39. The standard InChI is InChI=1S/C19H14F2N2O3S/c20-17-10-9-14(12-18(17)21)22-19(24)13-5-4-6-15(11-13)23-27(25,26)16-7-2-1-3-8-16/h1-12,23H,(H,22,24). The molecular formula is C19H14F2N2O3S. The molecule has 0 aliphatic carbocycles. The monoisotopic (exact) mass is 388 g/mol. The molecule has 1 amide bonds. The zero-order chi connectivity index (χ0) is 19.4. The fourth-order valence-electron chi connectivity index (χ4n) is 2.31. The molecule has 27 heavy (non-hydrogen) atoms. The minimum Gasteiger partial charge on any atom is -0.322 e. The van der Waals surface area contributed by atoms with Crippen molar-refractivity contribution in [1.82, 2.24) is 0 Å². The Bertz CT molecular complexity index is 1090. The van der Waals surface area contributed by atoms with Crippen molar-refractivity contribution in [3.63, 3.8) is 0 Å². The van der Waals surface area contributed by atoms with E-state index >= 15 is 0 Å². The predicted molar refractivity (Wildman–Crippen MR) is 98.0 cm³/mol. The van der Waals surface area contributed by atoms with Crippen LogP contribution in [-0.4, -0.2) is 14.3 Å². The van der Waals surface area contributed by atoms with Crippen molar-refractivity contribution in [3.05, 3.63) is 90.0 Å². The van der Waals surface area contributed by atoms with Crippen LogP contribution in [0.3, 0.4) is 0 Å². The van der Waals surface area contributed by atoms with E-state index in [1.807, 2.05) is 0 Å². The Kier molecular flexibility index (Phi) is 5.18. The number of hydrogen-bond acceptors (Lipinski definition) is 3. The lowest BCUT2D eigenvalue weighted by Gasteiger charge is -2.10. The lowest BCUT2D eigenvalue weighted by Crippen LogP contribution is -2.15. The van der Waals surface area contributed by atoms with Gasteiger partial charge in [-0.3, -0.25) is 9.52 Å². The number of anilines is 2. The van der Waals surface area contributed by atoms with Gasteiger partial charge in [-0.25, -0.2) is 17.2 Å². The molecule has 0 bridgehead atoms. The summed E-state index contributed by atoms with van der Waals surface area (Å²) in [6.07, 6.45) is 0. The third-order valence-electron chi connectivity index (χ3n) is 3.61. The quantitative estimate of drug-likeness (QED) is 0.693. The van der Waals surface area contributed by atoms with Crippen molar-refractivity contribution >= 4 is 27.3 Å². The molecule has 0 saturated carbocycles. The summed E-state index contributed by atoms with van der Waals surface area (Å²) >= 11 is 0. The predicted octanol–water partition coefficient (Wildman–Crippen LogP) is 4.02. The van der Waals surface area contributed by atoms with Gasteiger partial charge in [0, 0.05) is 23.0 Å². The molecule has 8 heteroatoms. The molecule has 0 radical (unpaired) electrons. The highest BCUT2D eigenvalue weighted by Crippen LogP contribution is 2.19. The molecule has 2 N–H and O–H groups in total. The molecule has 0 saturated heterocycles. The summed E-state index contributed by atoms with van der Waals surface area (Å²) in [5, 5.41) is 2.43. The van der Waals surface area contributed by atoms with E-state index in [0.717, 1.165) is 12.1 Å². The molecule has 0 aromatic heterocycles. The summed E-state index contributed by atoms with van der Waals surface area (Å²) in [6.45, 7) is 0.